The number of oxazole rings is 1. The number of aryl methyl sites for hydroxylation is 1. The normalized spacial score (nSPS) is 12.9. The summed E-state index contributed by atoms with van der Waals surface area (Å²) in [5.74, 6) is 0.464. The number of rotatable bonds is 3. The van der Waals surface area contributed by atoms with Gasteiger partial charge in [0.05, 0.1) is 17.8 Å². The number of nitrogens with one attached hydrogen (secondary N) is 1. The molecule has 0 bridgehead atoms. The van der Waals surface area contributed by atoms with Gasteiger partial charge in [0.15, 0.2) is 5.58 Å². The molecule has 1 N–H and O–H groups in total. The molecule has 19 heavy (non-hydrogen) atoms. The predicted molar refractivity (Wildman–Crippen MR) is 71.1 cm³/mol. The summed E-state index contributed by atoms with van der Waals surface area (Å²) >= 11 is 0. The maximum absolute atomic E-state index is 11.5. The van der Waals surface area contributed by atoms with Gasteiger partial charge in [-0.05, 0) is 36.9 Å². The van der Waals surface area contributed by atoms with Crippen molar-refractivity contribution in [1.29, 1.82) is 0 Å². The van der Waals surface area contributed by atoms with E-state index in [0.29, 0.717) is 5.58 Å². The van der Waals surface area contributed by atoms with E-state index in [1.165, 1.54) is 4.57 Å². The predicted octanol–water partition coefficient (Wildman–Crippen LogP) is 2.03. The summed E-state index contributed by atoms with van der Waals surface area (Å²) in [5.41, 5.74) is 2.35. The van der Waals surface area contributed by atoms with E-state index in [1.807, 2.05) is 37.4 Å². The maximum atomic E-state index is 11.5. The Morgan fingerprint density at radius 1 is 1.32 bits per heavy atom. The third-order valence-electron chi connectivity index (χ3n) is 3.27. The second kappa shape index (κ2) is 4.44. The average molecular weight is 258 g/mol. The molecule has 1 atom stereocenters. The third kappa shape index (κ3) is 1.88. The molecule has 0 fully saturated rings. The van der Waals surface area contributed by atoms with Crippen molar-refractivity contribution in [2.75, 3.05) is 7.05 Å². The fourth-order valence-electron chi connectivity index (χ4n) is 2.26. The second-order valence-electron chi connectivity index (χ2n) is 4.39. The first-order valence-corrected chi connectivity index (χ1v) is 6.01. The molecular formula is C14H14N2O3. The summed E-state index contributed by atoms with van der Waals surface area (Å²) in [7, 11) is 3.55. The third-order valence-corrected chi connectivity index (χ3v) is 3.27. The van der Waals surface area contributed by atoms with Crippen LogP contribution < -0.4 is 11.1 Å². The Morgan fingerprint density at radius 2 is 2.16 bits per heavy atom. The standard InChI is InChI=1S/C14H14N2O3/c1-15-13(11-4-3-7-18-11)9-5-6-10-12(8-9)19-14(17)16(10)2/h3-8,13,15H,1-2H3. The van der Waals surface area contributed by atoms with Crippen LogP contribution in [-0.4, -0.2) is 11.6 Å². The van der Waals surface area contributed by atoms with E-state index in [4.69, 9.17) is 8.83 Å². The highest BCUT2D eigenvalue weighted by atomic mass is 16.4. The fraction of sp³-hybridized carbons (Fsp3) is 0.214. The molecule has 1 aromatic carbocycles. The summed E-state index contributed by atoms with van der Waals surface area (Å²) < 4.78 is 12.1. The van der Waals surface area contributed by atoms with Crippen molar-refractivity contribution < 1.29 is 8.83 Å². The van der Waals surface area contributed by atoms with Crippen molar-refractivity contribution in [2.45, 2.75) is 6.04 Å². The molecule has 0 aliphatic carbocycles. The van der Waals surface area contributed by atoms with Crippen LogP contribution >= 0.6 is 0 Å². The van der Waals surface area contributed by atoms with Gasteiger partial charge in [0.25, 0.3) is 0 Å². The number of aromatic nitrogens is 1. The molecule has 0 aliphatic heterocycles. The van der Waals surface area contributed by atoms with Crippen molar-refractivity contribution >= 4 is 11.1 Å². The summed E-state index contributed by atoms with van der Waals surface area (Å²) in [6, 6.07) is 9.39. The topological polar surface area (TPSA) is 60.3 Å². The van der Waals surface area contributed by atoms with E-state index in [1.54, 1.807) is 13.3 Å². The Bertz CT molecular complexity index is 753. The zero-order valence-corrected chi connectivity index (χ0v) is 10.7. The van der Waals surface area contributed by atoms with Gasteiger partial charge in [-0.15, -0.1) is 0 Å². The van der Waals surface area contributed by atoms with Crippen LogP contribution in [0, 0.1) is 0 Å². The van der Waals surface area contributed by atoms with Gasteiger partial charge in [0.1, 0.15) is 5.76 Å². The molecule has 3 rings (SSSR count). The molecule has 0 saturated carbocycles. The smallest absolute Gasteiger partial charge is 0.419 e. The molecular weight excluding hydrogens is 244 g/mol. The molecule has 5 heteroatoms. The fourth-order valence-corrected chi connectivity index (χ4v) is 2.26. The molecule has 0 radical (unpaired) electrons. The van der Waals surface area contributed by atoms with Gasteiger partial charge in [-0.1, -0.05) is 6.07 Å². The van der Waals surface area contributed by atoms with Gasteiger partial charge >= 0.3 is 5.76 Å². The molecule has 98 valence electrons. The number of hydrogen-bond acceptors (Lipinski definition) is 4. The van der Waals surface area contributed by atoms with Gasteiger partial charge < -0.3 is 14.2 Å². The SMILES string of the molecule is CNC(c1ccc2c(c1)oc(=O)n2C)c1ccco1. The highest BCUT2D eigenvalue weighted by Gasteiger charge is 2.16. The minimum atomic E-state index is -0.355. The zero-order valence-electron chi connectivity index (χ0n) is 10.7. The Labute approximate surface area is 109 Å². The lowest BCUT2D eigenvalue weighted by atomic mass is 10.0. The van der Waals surface area contributed by atoms with Gasteiger partial charge in [-0.25, -0.2) is 4.79 Å². The molecule has 2 aromatic heterocycles. The quantitative estimate of drug-likeness (QED) is 0.781. The Balaban J connectivity index is 2.12. The summed E-state index contributed by atoms with van der Waals surface area (Å²) in [6.45, 7) is 0. The van der Waals surface area contributed by atoms with Gasteiger partial charge in [0, 0.05) is 7.05 Å². The molecule has 5 nitrogen and oxygen atoms in total. The van der Waals surface area contributed by atoms with Crippen LogP contribution in [-0.2, 0) is 7.05 Å². The van der Waals surface area contributed by atoms with Crippen molar-refractivity contribution in [3.8, 4) is 0 Å². The first-order valence-electron chi connectivity index (χ1n) is 6.01. The lowest BCUT2D eigenvalue weighted by Crippen LogP contribution is -2.16. The first-order chi connectivity index (χ1) is 9.20. The monoisotopic (exact) mass is 258 g/mol. The van der Waals surface area contributed by atoms with E-state index < -0.39 is 0 Å². The van der Waals surface area contributed by atoms with Crippen LogP contribution in [0.1, 0.15) is 17.4 Å². The molecule has 0 saturated heterocycles. The van der Waals surface area contributed by atoms with Gasteiger partial charge in [-0.3, -0.25) is 4.57 Å². The minimum Gasteiger partial charge on any atom is -0.467 e. The second-order valence-corrected chi connectivity index (χ2v) is 4.39. The van der Waals surface area contributed by atoms with Crippen LogP contribution in [0.4, 0.5) is 0 Å². The van der Waals surface area contributed by atoms with Crippen LogP contribution in [0.3, 0.4) is 0 Å². The number of fused-ring (bicyclic) bond motifs is 1. The largest absolute Gasteiger partial charge is 0.467 e. The molecule has 0 spiro atoms. The van der Waals surface area contributed by atoms with Crippen molar-refractivity contribution in [2.24, 2.45) is 7.05 Å². The van der Waals surface area contributed by atoms with Crippen LogP contribution in [0.25, 0.3) is 11.1 Å². The number of hydrogen-bond donors (Lipinski definition) is 1. The van der Waals surface area contributed by atoms with Crippen LogP contribution in [0.15, 0.2) is 50.2 Å². The van der Waals surface area contributed by atoms with Crippen LogP contribution in [0.2, 0.25) is 0 Å². The van der Waals surface area contributed by atoms with Crippen molar-refractivity contribution in [1.82, 2.24) is 9.88 Å². The van der Waals surface area contributed by atoms with E-state index in [9.17, 15) is 4.79 Å². The average Bonchev–Trinajstić information content (AvgIpc) is 3.01. The number of furan rings is 1. The molecule has 1 unspecified atom stereocenters. The highest BCUT2D eigenvalue weighted by Crippen LogP contribution is 2.25. The lowest BCUT2D eigenvalue weighted by molar-refractivity contribution is 0.463. The zero-order chi connectivity index (χ0) is 13.4. The summed E-state index contributed by atoms with van der Waals surface area (Å²) in [6.07, 6.45) is 1.64. The minimum absolute atomic E-state index is 0.0649. The summed E-state index contributed by atoms with van der Waals surface area (Å²) in [4.78, 5) is 11.5. The van der Waals surface area contributed by atoms with E-state index in [2.05, 4.69) is 5.32 Å². The van der Waals surface area contributed by atoms with Gasteiger partial charge in [0.2, 0.25) is 0 Å². The maximum Gasteiger partial charge on any atom is 0.419 e. The lowest BCUT2D eigenvalue weighted by Gasteiger charge is -2.13. The first kappa shape index (κ1) is 11.8. The Morgan fingerprint density at radius 3 is 2.84 bits per heavy atom. The highest BCUT2D eigenvalue weighted by molar-refractivity contribution is 5.74. The summed E-state index contributed by atoms with van der Waals surface area (Å²) in [5, 5.41) is 3.19. The Kier molecular flexibility index (Phi) is 2.76. The van der Waals surface area contributed by atoms with E-state index in [-0.39, 0.29) is 11.8 Å². The number of benzene rings is 1. The molecule has 2 heterocycles. The number of nitrogens with zero attached hydrogens (tertiary/aromatic N) is 1. The molecule has 0 amide bonds. The van der Waals surface area contributed by atoms with E-state index >= 15 is 0 Å². The van der Waals surface area contributed by atoms with Gasteiger partial charge in [-0.2, -0.15) is 0 Å². The van der Waals surface area contributed by atoms with E-state index in [0.717, 1.165) is 16.8 Å². The molecule has 3 aromatic rings. The van der Waals surface area contributed by atoms with Crippen molar-refractivity contribution in [3.05, 3.63) is 58.5 Å². The van der Waals surface area contributed by atoms with Crippen LogP contribution in [0.5, 0.6) is 0 Å². The Hall–Kier alpha value is -2.27. The van der Waals surface area contributed by atoms with Crippen molar-refractivity contribution in [3.63, 3.8) is 0 Å². The molecule has 0 aliphatic rings.